The molecule has 0 unspecified atom stereocenters. The number of alkyl halides is 3. The number of anilines is 1. The molecule has 5 nitrogen and oxygen atoms in total. The van der Waals surface area contributed by atoms with Gasteiger partial charge in [0.2, 0.25) is 5.71 Å². The Morgan fingerprint density at radius 3 is 2.58 bits per heavy atom. The van der Waals surface area contributed by atoms with Crippen LogP contribution in [0, 0.1) is 16.7 Å². The molecule has 1 aromatic carbocycles. The molecule has 100 valence electrons. The number of halogens is 4. The van der Waals surface area contributed by atoms with E-state index in [1.54, 1.807) is 0 Å². The minimum Gasteiger partial charge on any atom is -0.382 e. The van der Waals surface area contributed by atoms with Crippen molar-refractivity contribution in [3.63, 3.8) is 0 Å². The number of hydrogen-bond donors (Lipinski definition) is 3. The van der Waals surface area contributed by atoms with Gasteiger partial charge in [-0.2, -0.15) is 23.5 Å². The Labute approximate surface area is 111 Å². The summed E-state index contributed by atoms with van der Waals surface area (Å²) in [4.78, 5) is 0. The van der Waals surface area contributed by atoms with Crippen LogP contribution < -0.4 is 11.2 Å². The molecule has 0 saturated carbocycles. The van der Waals surface area contributed by atoms with Crippen LogP contribution in [0.5, 0.6) is 0 Å². The molecule has 0 amide bonds. The maximum atomic E-state index is 12.6. The van der Waals surface area contributed by atoms with Gasteiger partial charge in [-0.05, 0) is 18.2 Å². The average Bonchev–Trinajstić information content (AvgIpc) is 2.30. The highest BCUT2D eigenvalue weighted by Gasteiger charge is 2.33. The Hall–Kier alpha value is -2.27. The molecular formula is C10H7ClF3N5. The van der Waals surface area contributed by atoms with E-state index in [0.717, 1.165) is 12.1 Å². The van der Waals surface area contributed by atoms with Crippen LogP contribution in [0.15, 0.2) is 23.3 Å². The van der Waals surface area contributed by atoms with Gasteiger partial charge in [0.25, 0.3) is 0 Å². The standard InChI is InChI=1S/C10H7ClF3N5/c11-7-2-1-5(3-6(7)10(12,13)14)18-19-8(4-15)9(16)17/h1-3,18H,(H3,16,17)/b19-8+. The molecule has 0 aliphatic rings. The normalized spacial score (nSPS) is 11.8. The van der Waals surface area contributed by atoms with Crippen molar-refractivity contribution in [3.05, 3.63) is 28.8 Å². The molecule has 0 aliphatic heterocycles. The van der Waals surface area contributed by atoms with Crippen molar-refractivity contribution in [2.45, 2.75) is 6.18 Å². The molecule has 0 heterocycles. The SMILES string of the molecule is N#C/C(=N\Nc1ccc(Cl)c(C(F)(F)F)c1)C(=N)N. The molecule has 0 atom stereocenters. The van der Waals surface area contributed by atoms with Gasteiger partial charge in [0.05, 0.1) is 16.3 Å². The van der Waals surface area contributed by atoms with Crippen molar-refractivity contribution >= 4 is 28.8 Å². The number of nitrogens with zero attached hydrogens (tertiary/aromatic N) is 2. The molecule has 0 radical (unpaired) electrons. The molecule has 4 N–H and O–H groups in total. The second-order valence-corrected chi connectivity index (χ2v) is 3.70. The second-order valence-electron chi connectivity index (χ2n) is 3.29. The Balaban J connectivity index is 3.06. The summed E-state index contributed by atoms with van der Waals surface area (Å²) in [6, 6.07) is 4.54. The summed E-state index contributed by atoms with van der Waals surface area (Å²) in [7, 11) is 0. The van der Waals surface area contributed by atoms with Crippen LogP contribution in [0.4, 0.5) is 18.9 Å². The van der Waals surface area contributed by atoms with Gasteiger partial charge in [-0.3, -0.25) is 10.8 Å². The molecular weight excluding hydrogens is 283 g/mol. The first kappa shape index (κ1) is 14.8. The first-order valence-corrected chi connectivity index (χ1v) is 5.08. The zero-order valence-corrected chi connectivity index (χ0v) is 9.97. The first-order chi connectivity index (χ1) is 8.75. The summed E-state index contributed by atoms with van der Waals surface area (Å²) in [5.41, 5.74) is 5.72. The van der Waals surface area contributed by atoms with Crippen molar-refractivity contribution in [2.75, 3.05) is 5.43 Å². The van der Waals surface area contributed by atoms with Crippen LogP contribution in [-0.2, 0) is 6.18 Å². The van der Waals surface area contributed by atoms with E-state index in [1.807, 2.05) is 0 Å². The highest BCUT2D eigenvalue weighted by atomic mass is 35.5. The number of amidine groups is 1. The maximum Gasteiger partial charge on any atom is 0.417 e. The van der Waals surface area contributed by atoms with Gasteiger partial charge in [-0.1, -0.05) is 11.6 Å². The lowest BCUT2D eigenvalue weighted by molar-refractivity contribution is -0.137. The number of hydrazone groups is 1. The van der Waals surface area contributed by atoms with Crippen LogP contribution in [-0.4, -0.2) is 11.5 Å². The zero-order chi connectivity index (χ0) is 14.6. The molecule has 9 heteroatoms. The smallest absolute Gasteiger partial charge is 0.382 e. The Kier molecular flexibility index (Phi) is 4.34. The lowest BCUT2D eigenvalue weighted by Gasteiger charge is -2.10. The number of hydrogen-bond acceptors (Lipinski definition) is 4. The van der Waals surface area contributed by atoms with Crippen molar-refractivity contribution in [3.8, 4) is 6.07 Å². The molecule has 1 aromatic rings. The highest BCUT2D eigenvalue weighted by Crippen LogP contribution is 2.36. The van der Waals surface area contributed by atoms with E-state index < -0.39 is 28.3 Å². The summed E-state index contributed by atoms with van der Waals surface area (Å²) in [6.45, 7) is 0. The fourth-order valence-corrected chi connectivity index (χ4v) is 1.30. The molecule has 0 bridgehead atoms. The Morgan fingerprint density at radius 2 is 2.11 bits per heavy atom. The molecule has 0 saturated heterocycles. The van der Waals surface area contributed by atoms with Crippen LogP contribution in [0.25, 0.3) is 0 Å². The Bertz CT molecular complexity index is 574. The van der Waals surface area contributed by atoms with Crippen LogP contribution in [0.2, 0.25) is 5.02 Å². The molecule has 19 heavy (non-hydrogen) atoms. The molecule has 1 rings (SSSR count). The number of benzene rings is 1. The summed E-state index contributed by atoms with van der Waals surface area (Å²) in [6.07, 6.45) is -4.60. The number of nitrogens with two attached hydrogens (primary N) is 1. The van der Waals surface area contributed by atoms with E-state index in [1.165, 1.54) is 12.1 Å². The maximum absolute atomic E-state index is 12.6. The third kappa shape index (κ3) is 3.86. The van der Waals surface area contributed by atoms with Gasteiger partial charge < -0.3 is 5.73 Å². The van der Waals surface area contributed by atoms with Crippen LogP contribution in [0.3, 0.4) is 0 Å². The van der Waals surface area contributed by atoms with E-state index in [0.29, 0.717) is 0 Å². The predicted octanol–water partition coefficient (Wildman–Crippen LogP) is 2.59. The summed E-state index contributed by atoms with van der Waals surface area (Å²) < 4.78 is 37.7. The van der Waals surface area contributed by atoms with Crippen LogP contribution in [0.1, 0.15) is 5.56 Å². The molecule has 0 aliphatic carbocycles. The monoisotopic (exact) mass is 289 g/mol. The van der Waals surface area contributed by atoms with E-state index in [-0.39, 0.29) is 5.69 Å². The van der Waals surface area contributed by atoms with Gasteiger partial charge in [-0.25, -0.2) is 0 Å². The fourth-order valence-electron chi connectivity index (χ4n) is 1.08. The van der Waals surface area contributed by atoms with Gasteiger partial charge in [0, 0.05) is 0 Å². The van der Waals surface area contributed by atoms with Crippen molar-refractivity contribution in [1.82, 2.24) is 0 Å². The minimum atomic E-state index is -4.60. The molecule has 0 fully saturated rings. The molecule has 0 spiro atoms. The quantitative estimate of drug-likeness (QED) is 0.453. The van der Waals surface area contributed by atoms with Crippen molar-refractivity contribution in [2.24, 2.45) is 10.8 Å². The van der Waals surface area contributed by atoms with E-state index in [9.17, 15) is 13.2 Å². The largest absolute Gasteiger partial charge is 0.417 e. The van der Waals surface area contributed by atoms with Gasteiger partial charge in [0.15, 0.2) is 5.84 Å². The summed E-state index contributed by atoms with van der Waals surface area (Å²) >= 11 is 5.43. The third-order valence-corrected chi connectivity index (χ3v) is 2.26. The zero-order valence-electron chi connectivity index (χ0n) is 9.22. The average molecular weight is 290 g/mol. The van der Waals surface area contributed by atoms with Gasteiger partial charge in [-0.15, -0.1) is 0 Å². The van der Waals surface area contributed by atoms with Gasteiger partial charge in [0.1, 0.15) is 6.07 Å². The third-order valence-electron chi connectivity index (χ3n) is 1.93. The summed E-state index contributed by atoms with van der Waals surface area (Å²) in [5, 5.41) is 18.5. The first-order valence-electron chi connectivity index (χ1n) is 4.70. The van der Waals surface area contributed by atoms with Gasteiger partial charge >= 0.3 is 6.18 Å². The number of nitrogens with one attached hydrogen (secondary N) is 2. The van der Waals surface area contributed by atoms with Crippen molar-refractivity contribution in [1.29, 1.82) is 10.7 Å². The lowest BCUT2D eigenvalue weighted by atomic mass is 10.2. The minimum absolute atomic E-state index is 0.0364. The van der Waals surface area contributed by atoms with Crippen LogP contribution >= 0.6 is 11.6 Å². The second kappa shape index (κ2) is 5.58. The van der Waals surface area contributed by atoms with E-state index in [4.69, 9.17) is 28.0 Å². The van der Waals surface area contributed by atoms with Crippen molar-refractivity contribution < 1.29 is 13.2 Å². The molecule has 0 aromatic heterocycles. The number of nitriles is 1. The topological polar surface area (TPSA) is 98.0 Å². The Morgan fingerprint density at radius 1 is 1.47 bits per heavy atom. The lowest BCUT2D eigenvalue weighted by Crippen LogP contribution is -2.21. The number of rotatable bonds is 3. The van der Waals surface area contributed by atoms with E-state index in [2.05, 4.69) is 10.5 Å². The summed E-state index contributed by atoms with van der Waals surface area (Å²) in [5.74, 6) is -0.597. The fraction of sp³-hybridized carbons (Fsp3) is 0.100. The highest BCUT2D eigenvalue weighted by molar-refractivity contribution is 6.45. The predicted molar refractivity (Wildman–Crippen MR) is 65.0 cm³/mol. The van der Waals surface area contributed by atoms with E-state index >= 15 is 0 Å².